The monoisotopic (exact) mass is 270 g/mol. The number of aromatic carboxylic acids is 1. The lowest BCUT2D eigenvalue weighted by molar-refractivity contribution is 0.0697. The Bertz CT molecular complexity index is 824. The summed E-state index contributed by atoms with van der Waals surface area (Å²) < 4.78 is 15.6. The van der Waals surface area contributed by atoms with E-state index >= 15 is 0 Å². The Kier molecular flexibility index (Phi) is 2.75. The standard InChI is InChI=1S/C15H11FN2O2/c1-9-17-12-7-6-10(15(19)20)8-14(12)18(9)13-5-3-2-4-11(13)16/h2-8H,1H3,(H,19,20). The van der Waals surface area contributed by atoms with Gasteiger partial charge < -0.3 is 5.11 Å². The van der Waals surface area contributed by atoms with E-state index in [4.69, 9.17) is 5.11 Å². The van der Waals surface area contributed by atoms with Crippen molar-refractivity contribution in [3.05, 3.63) is 59.7 Å². The maximum atomic E-state index is 14.0. The molecule has 0 aliphatic carbocycles. The van der Waals surface area contributed by atoms with Crippen molar-refractivity contribution < 1.29 is 14.3 Å². The fourth-order valence-corrected chi connectivity index (χ4v) is 2.27. The summed E-state index contributed by atoms with van der Waals surface area (Å²) >= 11 is 0. The zero-order chi connectivity index (χ0) is 14.3. The second-order valence-electron chi connectivity index (χ2n) is 4.45. The molecule has 1 N–H and O–H groups in total. The molecule has 100 valence electrons. The predicted molar refractivity (Wildman–Crippen MR) is 72.7 cm³/mol. The quantitative estimate of drug-likeness (QED) is 0.778. The number of imidazole rings is 1. The fourth-order valence-electron chi connectivity index (χ4n) is 2.27. The molecule has 3 aromatic rings. The highest BCUT2D eigenvalue weighted by atomic mass is 19.1. The lowest BCUT2D eigenvalue weighted by atomic mass is 10.2. The van der Waals surface area contributed by atoms with Crippen LogP contribution in [0.5, 0.6) is 0 Å². The number of para-hydroxylation sites is 1. The highest BCUT2D eigenvalue weighted by Gasteiger charge is 2.14. The average Bonchev–Trinajstić information content (AvgIpc) is 2.74. The lowest BCUT2D eigenvalue weighted by Crippen LogP contribution is -2.01. The second-order valence-corrected chi connectivity index (χ2v) is 4.45. The number of nitrogens with zero attached hydrogens (tertiary/aromatic N) is 2. The third-order valence-electron chi connectivity index (χ3n) is 3.16. The first kappa shape index (κ1) is 12.3. The van der Waals surface area contributed by atoms with Crippen molar-refractivity contribution >= 4 is 17.0 Å². The molecule has 0 amide bonds. The molecule has 4 nitrogen and oxygen atoms in total. The summed E-state index contributed by atoms with van der Waals surface area (Å²) in [4.78, 5) is 15.4. The van der Waals surface area contributed by atoms with Crippen LogP contribution >= 0.6 is 0 Å². The first-order valence-corrected chi connectivity index (χ1v) is 6.05. The lowest BCUT2D eigenvalue weighted by Gasteiger charge is -2.08. The molecule has 0 saturated heterocycles. The number of aryl methyl sites for hydroxylation is 1. The second kappa shape index (κ2) is 4.45. The largest absolute Gasteiger partial charge is 0.478 e. The molecule has 0 aliphatic rings. The van der Waals surface area contributed by atoms with Gasteiger partial charge in [0.1, 0.15) is 11.6 Å². The van der Waals surface area contributed by atoms with Crippen LogP contribution in [-0.4, -0.2) is 20.6 Å². The molecule has 0 saturated carbocycles. The molecule has 0 atom stereocenters. The van der Waals surface area contributed by atoms with E-state index in [9.17, 15) is 9.18 Å². The number of carbonyl (C=O) groups is 1. The summed E-state index contributed by atoms with van der Waals surface area (Å²) in [7, 11) is 0. The van der Waals surface area contributed by atoms with Gasteiger partial charge in [0.2, 0.25) is 0 Å². The van der Waals surface area contributed by atoms with E-state index < -0.39 is 5.97 Å². The molecule has 0 bridgehead atoms. The molecule has 1 aromatic heterocycles. The first-order chi connectivity index (χ1) is 9.58. The zero-order valence-corrected chi connectivity index (χ0v) is 10.7. The third-order valence-corrected chi connectivity index (χ3v) is 3.16. The molecule has 0 unspecified atom stereocenters. The fraction of sp³-hybridized carbons (Fsp3) is 0.0667. The Hall–Kier alpha value is -2.69. The van der Waals surface area contributed by atoms with E-state index in [1.54, 1.807) is 35.8 Å². The maximum Gasteiger partial charge on any atom is 0.335 e. The Morgan fingerprint density at radius 3 is 2.70 bits per heavy atom. The number of hydrogen-bond acceptors (Lipinski definition) is 2. The molecule has 1 heterocycles. The van der Waals surface area contributed by atoms with Gasteiger partial charge >= 0.3 is 5.97 Å². The van der Waals surface area contributed by atoms with Gasteiger partial charge in [0.25, 0.3) is 0 Å². The number of carboxylic acids is 1. The van der Waals surface area contributed by atoms with Crippen LogP contribution in [0.4, 0.5) is 4.39 Å². The van der Waals surface area contributed by atoms with Gasteiger partial charge in [-0.05, 0) is 37.3 Å². The molecule has 0 spiro atoms. The van der Waals surface area contributed by atoms with Crippen LogP contribution in [0, 0.1) is 12.7 Å². The van der Waals surface area contributed by atoms with Gasteiger partial charge in [-0.2, -0.15) is 0 Å². The van der Waals surface area contributed by atoms with E-state index in [1.807, 2.05) is 0 Å². The van der Waals surface area contributed by atoms with Crippen molar-refractivity contribution in [2.24, 2.45) is 0 Å². The summed E-state index contributed by atoms with van der Waals surface area (Å²) in [6, 6.07) is 11.0. The van der Waals surface area contributed by atoms with Crippen molar-refractivity contribution in [2.45, 2.75) is 6.92 Å². The number of aromatic nitrogens is 2. The van der Waals surface area contributed by atoms with Gasteiger partial charge in [-0.25, -0.2) is 14.2 Å². The van der Waals surface area contributed by atoms with Crippen molar-refractivity contribution in [2.75, 3.05) is 0 Å². The SMILES string of the molecule is Cc1nc2ccc(C(=O)O)cc2n1-c1ccccc1F. The number of halogens is 1. The topological polar surface area (TPSA) is 55.1 Å². The average molecular weight is 270 g/mol. The first-order valence-electron chi connectivity index (χ1n) is 6.05. The number of benzene rings is 2. The Balaban J connectivity index is 2.35. The van der Waals surface area contributed by atoms with Crippen LogP contribution in [0.25, 0.3) is 16.7 Å². The molecule has 3 rings (SSSR count). The summed E-state index contributed by atoms with van der Waals surface area (Å²) in [5, 5.41) is 9.06. The molecule has 0 radical (unpaired) electrons. The molecule has 2 aromatic carbocycles. The van der Waals surface area contributed by atoms with Crippen LogP contribution in [0.15, 0.2) is 42.5 Å². The molecule has 0 fully saturated rings. The highest BCUT2D eigenvalue weighted by molar-refractivity contribution is 5.93. The Labute approximate surface area is 114 Å². The van der Waals surface area contributed by atoms with E-state index in [1.165, 1.54) is 18.2 Å². The van der Waals surface area contributed by atoms with Crippen LogP contribution in [-0.2, 0) is 0 Å². The van der Waals surface area contributed by atoms with Crippen molar-refractivity contribution in [3.8, 4) is 5.69 Å². The molecule has 5 heteroatoms. The van der Waals surface area contributed by atoms with Crippen LogP contribution in [0.2, 0.25) is 0 Å². The van der Waals surface area contributed by atoms with Gasteiger partial charge in [-0.15, -0.1) is 0 Å². The van der Waals surface area contributed by atoms with E-state index in [-0.39, 0.29) is 11.4 Å². The van der Waals surface area contributed by atoms with Crippen molar-refractivity contribution in [3.63, 3.8) is 0 Å². The van der Waals surface area contributed by atoms with Gasteiger partial charge in [-0.1, -0.05) is 12.1 Å². The minimum absolute atomic E-state index is 0.148. The number of carboxylic acid groups (broad SMARTS) is 1. The van der Waals surface area contributed by atoms with Crippen molar-refractivity contribution in [1.29, 1.82) is 0 Å². The maximum absolute atomic E-state index is 14.0. The predicted octanol–water partition coefficient (Wildman–Crippen LogP) is 3.17. The highest BCUT2D eigenvalue weighted by Crippen LogP contribution is 2.24. The molecular formula is C15H11FN2O2. The molecular weight excluding hydrogens is 259 g/mol. The van der Waals surface area contributed by atoms with Gasteiger partial charge in [0.15, 0.2) is 0 Å². The summed E-state index contributed by atoms with van der Waals surface area (Å²) in [6.07, 6.45) is 0. The minimum Gasteiger partial charge on any atom is -0.478 e. The van der Waals surface area contributed by atoms with Crippen LogP contribution in [0.1, 0.15) is 16.2 Å². The van der Waals surface area contributed by atoms with Crippen LogP contribution in [0.3, 0.4) is 0 Å². The molecule has 0 aliphatic heterocycles. The number of rotatable bonds is 2. The Morgan fingerprint density at radius 2 is 2.00 bits per heavy atom. The Morgan fingerprint density at radius 1 is 1.25 bits per heavy atom. The third kappa shape index (κ3) is 1.84. The van der Waals surface area contributed by atoms with Gasteiger partial charge in [0, 0.05) is 0 Å². The smallest absolute Gasteiger partial charge is 0.335 e. The molecule has 20 heavy (non-hydrogen) atoms. The van der Waals surface area contributed by atoms with Crippen molar-refractivity contribution in [1.82, 2.24) is 9.55 Å². The number of fused-ring (bicyclic) bond motifs is 1. The summed E-state index contributed by atoms with van der Waals surface area (Å²) in [5.74, 6) is -0.797. The number of hydrogen-bond donors (Lipinski definition) is 1. The summed E-state index contributed by atoms with van der Waals surface area (Å²) in [6.45, 7) is 1.76. The zero-order valence-electron chi connectivity index (χ0n) is 10.7. The van der Waals surface area contributed by atoms with Crippen LogP contribution < -0.4 is 0 Å². The summed E-state index contributed by atoms with van der Waals surface area (Å²) in [5.41, 5.74) is 1.72. The van der Waals surface area contributed by atoms with E-state index in [0.717, 1.165) is 0 Å². The van der Waals surface area contributed by atoms with Gasteiger partial charge in [0.05, 0.1) is 22.3 Å². The van der Waals surface area contributed by atoms with E-state index in [2.05, 4.69) is 4.98 Å². The minimum atomic E-state index is -1.02. The van der Waals surface area contributed by atoms with Gasteiger partial charge in [-0.3, -0.25) is 4.57 Å². The van der Waals surface area contributed by atoms with E-state index in [0.29, 0.717) is 22.5 Å². The normalized spacial score (nSPS) is 10.9.